The van der Waals surface area contributed by atoms with E-state index in [1.165, 1.54) is 41.3 Å². The number of nitrogens with zero attached hydrogens (tertiary/aromatic N) is 3. The van der Waals surface area contributed by atoms with Crippen LogP contribution in [0.1, 0.15) is 5.56 Å². The van der Waals surface area contributed by atoms with Crippen LogP contribution in [0, 0.1) is 21.4 Å². The van der Waals surface area contributed by atoms with Gasteiger partial charge < -0.3 is 29.5 Å². The zero-order chi connectivity index (χ0) is 26.7. The standard InChI is InChI=1S/C20H15N3O8.C3H7NO/c21-10-13(7-12-1-3-14(4-2-12)31-11-19(24)25)20(26)22-15-8-17-18(30-6-5-29-17)9-16(15)23(27)28;1-4(2)3-5/h1-4,7-9H,5-6,11H2,(H,22,26)(H,24,25);3H,1-2H3/b13-7+;. The average molecular weight is 498 g/mol. The van der Waals surface area contributed by atoms with Gasteiger partial charge in [0.15, 0.2) is 18.1 Å². The number of carbonyl (C=O) groups is 3. The fourth-order valence-electron chi connectivity index (χ4n) is 2.64. The van der Waals surface area contributed by atoms with Gasteiger partial charge in [-0.15, -0.1) is 0 Å². The van der Waals surface area contributed by atoms with Crippen molar-refractivity contribution in [3.8, 4) is 23.3 Å². The molecule has 0 aliphatic carbocycles. The molecular formula is C23H22N4O9. The number of hydrogen-bond donors (Lipinski definition) is 2. The zero-order valence-electron chi connectivity index (χ0n) is 19.3. The first-order chi connectivity index (χ1) is 17.1. The third-order valence-electron chi connectivity index (χ3n) is 4.23. The van der Waals surface area contributed by atoms with Crippen molar-refractivity contribution < 1.29 is 38.6 Å². The van der Waals surface area contributed by atoms with Crippen molar-refractivity contribution >= 4 is 35.7 Å². The minimum Gasteiger partial charge on any atom is -0.486 e. The SMILES string of the molecule is CN(C)C=O.N#C/C(=C\c1ccc(OCC(=O)O)cc1)C(=O)Nc1cc2c(cc1[N+](=O)[O-])OCCO2. The number of fused-ring (bicyclic) bond motifs is 1. The molecule has 0 radical (unpaired) electrons. The van der Waals surface area contributed by atoms with Crippen LogP contribution < -0.4 is 19.5 Å². The van der Waals surface area contributed by atoms with Crippen molar-refractivity contribution in [2.75, 3.05) is 39.2 Å². The van der Waals surface area contributed by atoms with E-state index >= 15 is 0 Å². The molecule has 0 fully saturated rings. The first-order valence-electron chi connectivity index (χ1n) is 10.2. The first kappa shape index (κ1) is 27.1. The Labute approximate surface area is 205 Å². The van der Waals surface area contributed by atoms with Gasteiger partial charge >= 0.3 is 5.97 Å². The summed E-state index contributed by atoms with van der Waals surface area (Å²) in [5.41, 5.74) is -0.387. The van der Waals surface area contributed by atoms with Crippen molar-refractivity contribution in [2.45, 2.75) is 0 Å². The Morgan fingerprint density at radius 2 is 1.81 bits per heavy atom. The Morgan fingerprint density at radius 1 is 1.22 bits per heavy atom. The summed E-state index contributed by atoms with van der Waals surface area (Å²) in [7, 11) is 3.38. The van der Waals surface area contributed by atoms with Crippen LogP contribution in [0.2, 0.25) is 0 Å². The predicted molar refractivity (Wildman–Crippen MR) is 126 cm³/mol. The van der Waals surface area contributed by atoms with Gasteiger partial charge in [0.2, 0.25) is 6.41 Å². The maximum Gasteiger partial charge on any atom is 0.341 e. The number of nitro groups is 1. The summed E-state index contributed by atoms with van der Waals surface area (Å²) in [6, 6.07) is 10.2. The number of nitro benzene ring substituents is 1. The predicted octanol–water partition coefficient (Wildman–Crippen LogP) is 2.08. The largest absolute Gasteiger partial charge is 0.486 e. The summed E-state index contributed by atoms with van der Waals surface area (Å²) >= 11 is 0. The molecule has 0 atom stereocenters. The Morgan fingerprint density at radius 3 is 2.31 bits per heavy atom. The smallest absolute Gasteiger partial charge is 0.341 e. The minimum atomic E-state index is -1.12. The van der Waals surface area contributed by atoms with Gasteiger partial charge in [-0.25, -0.2) is 4.79 Å². The molecule has 2 aromatic rings. The van der Waals surface area contributed by atoms with Crippen LogP contribution in [0.25, 0.3) is 6.08 Å². The number of hydrogen-bond acceptors (Lipinski definition) is 9. The van der Waals surface area contributed by atoms with Crippen LogP contribution in [-0.2, 0) is 14.4 Å². The monoisotopic (exact) mass is 498 g/mol. The maximum absolute atomic E-state index is 12.5. The highest BCUT2D eigenvalue weighted by Crippen LogP contribution is 2.39. The second kappa shape index (κ2) is 12.9. The highest BCUT2D eigenvalue weighted by Gasteiger charge is 2.24. The molecule has 2 aromatic carbocycles. The van der Waals surface area contributed by atoms with Gasteiger partial charge in [0.05, 0.1) is 11.0 Å². The summed E-state index contributed by atoms with van der Waals surface area (Å²) in [6.07, 6.45) is 2.03. The van der Waals surface area contributed by atoms with E-state index in [4.69, 9.17) is 19.3 Å². The Bertz CT molecular complexity index is 1200. The molecular weight excluding hydrogens is 476 g/mol. The molecule has 188 valence electrons. The quantitative estimate of drug-likeness (QED) is 0.180. The summed E-state index contributed by atoms with van der Waals surface area (Å²) < 4.78 is 15.7. The third-order valence-corrected chi connectivity index (χ3v) is 4.23. The van der Waals surface area contributed by atoms with Gasteiger partial charge in [-0.1, -0.05) is 12.1 Å². The highest BCUT2D eigenvalue weighted by molar-refractivity contribution is 6.10. The second-order valence-electron chi connectivity index (χ2n) is 7.21. The fourth-order valence-corrected chi connectivity index (χ4v) is 2.64. The molecule has 0 saturated carbocycles. The lowest BCUT2D eigenvalue weighted by Gasteiger charge is -2.19. The van der Waals surface area contributed by atoms with Crippen molar-refractivity contribution in [3.63, 3.8) is 0 Å². The Kier molecular flexibility index (Phi) is 9.75. The number of benzene rings is 2. The van der Waals surface area contributed by atoms with Gasteiger partial charge in [-0.2, -0.15) is 5.26 Å². The molecule has 13 heteroatoms. The molecule has 1 heterocycles. The average Bonchev–Trinajstić information content (AvgIpc) is 2.86. The zero-order valence-corrected chi connectivity index (χ0v) is 19.3. The lowest BCUT2D eigenvalue weighted by Crippen LogP contribution is -2.18. The van der Waals surface area contributed by atoms with Crippen molar-refractivity contribution in [1.29, 1.82) is 5.26 Å². The summed E-state index contributed by atoms with van der Waals surface area (Å²) in [5, 5.41) is 31.7. The van der Waals surface area contributed by atoms with Crippen molar-refractivity contribution in [3.05, 3.63) is 57.6 Å². The van der Waals surface area contributed by atoms with E-state index in [1.54, 1.807) is 20.2 Å². The van der Waals surface area contributed by atoms with Crippen LogP contribution in [0.3, 0.4) is 0 Å². The number of aliphatic carboxylic acids is 1. The van der Waals surface area contributed by atoms with Crippen LogP contribution in [0.4, 0.5) is 11.4 Å². The molecule has 2 amide bonds. The van der Waals surface area contributed by atoms with Crippen LogP contribution >= 0.6 is 0 Å². The Balaban J connectivity index is 0.000000830. The van der Waals surface area contributed by atoms with Gasteiger partial charge in [-0.3, -0.25) is 19.7 Å². The van der Waals surface area contributed by atoms with Gasteiger partial charge in [-0.05, 0) is 23.8 Å². The second-order valence-corrected chi connectivity index (χ2v) is 7.21. The molecule has 0 spiro atoms. The molecule has 1 aliphatic heterocycles. The topological polar surface area (TPSA) is 181 Å². The lowest BCUT2D eigenvalue weighted by atomic mass is 10.1. The number of carbonyl (C=O) groups excluding carboxylic acids is 2. The molecule has 2 N–H and O–H groups in total. The van der Waals surface area contributed by atoms with Gasteiger partial charge in [0.25, 0.3) is 11.6 Å². The lowest BCUT2D eigenvalue weighted by molar-refractivity contribution is -0.384. The van der Waals surface area contributed by atoms with Crippen molar-refractivity contribution in [1.82, 2.24) is 4.90 Å². The number of ether oxygens (including phenoxy) is 3. The first-order valence-corrected chi connectivity index (χ1v) is 10.2. The van der Waals surface area contributed by atoms with E-state index in [-0.39, 0.29) is 36.0 Å². The molecule has 0 bridgehead atoms. The van der Waals surface area contributed by atoms with E-state index in [0.29, 0.717) is 11.3 Å². The number of amides is 2. The Hall–Kier alpha value is -5.12. The van der Waals surface area contributed by atoms with Crippen molar-refractivity contribution in [2.24, 2.45) is 0 Å². The maximum atomic E-state index is 12.5. The number of carboxylic acid groups (broad SMARTS) is 1. The molecule has 3 rings (SSSR count). The van der Waals surface area contributed by atoms with E-state index < -0.39 is 29.1 Å². The third kappa shape index (κ3) is 8.03. The molecule has 13 nitrogen and oxygen atoms in total. The number of anilines is 1. The van der Waals surface area contributed by atoms with E-state index in [1.807, 2.05) is 0 Å². The highest BCUT2D eigenvalue weighted by atomic mass is 16.6. The van der Waals surface area contributed by atoms with E-state index in [0.717, 1.165) is 12.5 Å². The number of nitriles is 1. The molecule has 0 aromatic heterocycles. The van der Waals surface area contributed by atoms with Gasteiger partial charge in [0.1, 0.15) is 36.3 Å². The number of nitrogens with one attached hydrogen (secondary N) is 1. The van der Waals surface area contributed by atoms with Gasteiger partial charge in [0, 0.05) is 20.2 Å². The van der Waals surface area contributed by atoms with Crippen LogP contribution in [-0.4, -0.2) is 67.1 Å². The number of carboxylic acids is 1. The summed E-state index contributed by atoms with van der Waals surface area (Å²) in [4.78, 5) is 44.6. The summed E-state index contributed by atoms with van der Waals surface area (Å²) in [5.74, 6) is -1.24. The van der Waals surface area contributed by atoms with E-state index in [2.05, 4.69) is 5.32 Å². The van der Waals surface area contributed by atoms with E-state index in [9.17, 15) is 29.8 Å². The number of rotatable bonds is 8. The molecule has 0 unspecified atom stereocenters. The molecule has 0 saturated heterocycles. The summed E-state index contributed by atoms with van der Waals surface area (Å²) in [6.45, 7) is 0.000383. The van der Waals surface area contributed by atoms with Crippen LogP contribution in [0.5, 0.6) is 17.2 Å². The molecule has 1 aliphatic rings. The molecule has 36 heavy (non-hydrogen) atoms. The normalized spacial score (nSPS) is 11.6. The fraction of sp³-hybridized carbons (Fsp3) is 0.217. The minimum absolute atomic E-state index is 0.141. The van der Waals surface area contributed by atoms with Crippen LogP contribution in [0.15, 0.2) is 42.0 Å².